The van der Waals surface area contributed by atoms with Gasteiger partial charge >= 0.3 is 5.97 Å². The van der Waals surface area contributed by atoms with Gasteiger partial charge in [-0.3, -0.25) is 19.7 Å². The molecule has 0 bridgehead atoms. The summed E-state index contributed by atoms with van der Waals surface area (Å²) in [6, 6.07) is 11.3. The number of para-hydroxylation sites is 1. The molecule has 0 saturated heterocycles. The van der Waals surface area contributed by atoms with Crippen LogP contribution < -0.4 is 14.8 Å². The van der Waals surface area contributed by atoms with Gasteiger partial charge in [0.05, 0.1) is 26.2 Å². The number of halogens is 1. The van der Waals surface area contributed by atoms with Crippen molar-refractivity contribution in [2.24, 2.45) is 0 Å². The average molecular weight is 392 g/mol. The third-order valence-corrected chi connectivity index (χ3v) is 3.78. The van der Waals surface area contributed by atoms with Gasteiger partial charge in [-0.15, -0.1) is 0 Å². The minimum absolute atomic E-state index is 0.128. The van der Waals surface area contributed by atoms with Gasteiger partial charge in [-0.2, -0.15) is 0 Å². The van der Waals surface area contributed by atoms with Gasteiger partial charge in [-0.05, 0) is 30.3 Å². The highest BCUT2D eigenvalue weighted by molar-refractivity contribution is 6.30. The number of methoxy groups -OCH3 is 2. The van der Waals surface area contributed by atoms with Gasteiger partial charge in [-0.1, -0.05) is 23.7 Å². The fourth-order valence-corrected chi connectivity index (χ4v) is 2.49. The molecule has 8 heteroatoms. The molecule has 2 aromatic carbocycles. The molecule has 0 atom stereocenters. The van der Waals surface area contributed by atoms with Crippen LogP contribution in [-0.4, -0.2) is 38.6 Å². The summed E-state index contributed by atoms with van der Waals surface area (Å²) in [6.45, 7) is -0.595. The number of hydrogen-bond acceptors (Lipinski definition) is 6. The lowest BCUT2D eigenvalue weighted by Crippen LogP contribution is -2.34. The molecule has 2 rings (SSSR count). The highest BCUT2D eigenvalue weighted by Crippen LogP contribution is 2.23. The highest BCUT2D eigenvalue weighted by atomic mass is 35.5. The predicted octanol–water partition coefficient (Wildman–Crippen LogP) is 2.40. The summed E-state index contributed by atoms with van der Waals surface area (Å²) >= 11 is 5.91. The Kier molecular flexibility index (Phi) is 7.19. The molecule has 0 aliphatic heterocycles. The van der Waals surface area contributed by atoms with E-state index in [0.29, 0.717) is 22.1 Å². The third-order valence-electron chi connectivity index (χ3n) is 3.55. The van der Waals surface area contributed by atoms with Crippen LogP contribution in [0.15, 0.2) is 42.5 Å². The Morgan fingerprint density at radius 1 is 1.00 bits per heavy atom. The topological polar surface area (TPSA) is 90.9 Å². The predicted molar refractivity (Wildman–Crippen MR) is 98.1 cm³/mol. The molecular weight excluding hydrogens is 374 g/mol. The van der Waals surface area contributed by atoms with Crippen LogP contribution in [0.25, 0.3) is 0 Å². The number of ether oxygens (including phenoxy) is 3. The van der Waals surface area contributed by atoms with E-state index in [2.05, 4.69) is 5.32 Å². The number of nitrogens with one attached hydrogen (secondary N) is 1. The zero-order chi connectivity index (χ0) is 19.8. The van der Waals surface area contributed by atoms with E-state index in [1.165, 1.54) is 20.3 Å². The first-order valence-electron chi connectivity index (χ1n) is 7.89. The summed E-state index contributed by atoms with van der Waals surface area (Å²) in [5, 5.41) is 2.58. The summed E-state index contributed by atoms with van der Waals surface area (Å²) in [7, 11) is 2.88. The minimum Gasteiger partial charge on any atom is -0.496 e. The molecule has 7 nitrogen and oxygen atoms in total. The number of imide groups is 1. The van der Waals surface area contributed by atoms with Crippen molar-refractivity contribution in [3.63, 3.8) is 0 Å². The molecule has 0 spiro atoms. The number of amides is 2. The summed E-state index contributed by atoms with van der Waals surface area (Å²) in [6.07, 6.45) is -0.128. The molecule has 0 aliphatic carbocycles. The van der Waals surface area contributed by atoms with E-state index in [0.717, 1.165) is 0 Å². The Balaban J connectivity index is 1.89. The molecule has 2 aromatic rings. The fourth-order valence-electron chi connectivity index (χ4n) is 2.30. The zero-order valence-electron chi connectivity index (χ0n) is 14.8. The quantitative estimate of drug-likeness (QED) is 0.729. The van der Waals surface area contributed by atoms with E-state index in [1.54, 1.807) is 36.4 Å². The molecule has 27 heavy (non-hydrogen) atoms. The van der Waals surface area contributed by atoms with Crippen molar-refractivity contribution < 1.29 is 28.6 Å². The molecule has 0 saturated carbocycles. The maximum absolute atomic E-state index is 12.1. The van der Waals surface area contributed by atoms with E-state index in [9.17, 15) is 14.4 Å². The van der Waals surface area contributed by atoms with Gasteiger partial charge in [0, 0.05) is 10.6 Å². The zero-order valence-corrected chi connectivity index (χ0v) is 15.5. The maximum atomic E-state index is 12.1. The largest absolute Gasteiger partial charge is 0.496 e. The Bertz CT molecular complexity index is 852. The second kappa shape index (κ2) is 9.59. The number of benzene rings is 2. The Hall–Kier alpha value is -3.06. The summed E-state index contributed by atoms with van der Waals surface area (Å²) in [5.41, 5.74) is 0.726. The van der Waals surface area contributed by atoms with Gasteiger partial charge in [0.25, 0.3) is 11.8 Å². The number of carbonyl (C=O) groups is 3. The van der Waals surface area contributed by atoms with Crippen LogP contribution in [0.3, 0.4) is 0 Å². The average Bonchev–Trinajstić information content (AvgIpc) is 2.66. The normalized spacial score (nSPS) is 10.0. The fraction of sp³-hybridized carbons (Fsp3) is 0.211. The van der Waals surface area contributed by atoms with Crippen molar-refractivity contribution in [2.75, 3.05) is 20.8 Å². The maximum Gasteiger partial charge on any atom is 0.310 e. The highest BCUT2D eigenvalue weighted by Gasteiger charge is 2.17. The summed E-state index contributed by atoms with van der Waals surface area (Å²) < 4.78 is 15.1. The van der Waals surface area contributed by atoms with Crippen LogP contribution >= 0.6 is 11.6 Å². The molecule has 0 heterocycles. The molecular formula is C19H18ClNO6. The van der Waals surface area contributed by atoms with Crippen LogP contribution in [0, 0.1) is 0 Å². The van der Waals surface area contributed by atoms with Gasteiger partial charge in [0.2, 0.25) is 0 Å². The molecule has 1 N–H and O–H groups in total. The van der Waals surface area contributed by atoms with Gasteiger partial charge in [0.15, 0.2) is 6.61 Å². The standard InChI is InChI=1S/C19H18ClNO6/c1-25-15-8-7-13(20)9-12(15)10-18(23)27-11-17(22)21-19(24)14-5-3-4-6-16(14)26-2/h3-9H,10-11H2,1-2H3,(H,21,22,24). The van der Waals surface area contributed by atoms with E-state index in [4.69, 9.17) is 25.8 Å². The van der Waals surface area contributed by atoms with Crippen LogP contribution in [-0.2, 0) is 20.7 Å². The van der Waals surface area contributed by atoms with Crippen molar-refractivity contribution in [1.82, 2.24) is 5.32 Å². The Labute approximate surface area is 161 Å². The van der Waals surface area contributed by atoms with Gasteiger partial charge in [-0.25, -0.2) is 0 Å². The monoisotopic (exact) mass is 391 g/mol. The van der Waals surface area contributed by atoms with Gasteiger partial charge in [0.1, 0.15) is 11.5 Å². The van der Waals surface area contributed by atoms with Gasteiger partial charge < -0.3 is 14.2 Å². The Morgan fingerprint density at radius 3 is 2.41 bits per heavy atom. The van der Waals surface area contributed by atoms with Crippen LogP contribution in [0.2, 0.25) is 5.02 Å². The molecule has 0 aliphatic rings. The first kappa shape index (κ1) is 20.3. The lowest BCUT2D eigenvalue weighted by Gasteiger charge is -2.10. The molecule has 0 radical (unpaired) electrons. The molecule has 2 amide bonds. The smallest absolute Gasteiger partial charge is 0.310 e. The number of esters is 1. The molecule has 0 aromatic heterocycles. The minimum atomic E-state index is -0.752. The van der Waals surface area contributed by atoms with Crippen molar-refractivity contribution in [2.45, 2.75) is 6.42 Å². The lowest BCUT2D eigenvalue weighted by molar-refractivity contribution is -0.147. The van der Waals surface area contributed by atoms with Crippen LogP contribution in [0.4, 0.5) is 0 Å². The third kappa shape index (κ3) is 5.72. The van der Waals surface area contributed by atoms with Crippen LogP contribution in [0.5, 0.6) is 11.5 Å². The van der Waals surface area contributed by atoms with Crippen molar-refractivity contribution in [3.05, 3.63) is 58.6 Å². The van der Waals surface area contributed by atoms with Crippen molar-refractivity contribution >= 4 is 29.4 Å². The molecule has 0 unspecified atom stereocenters. The Morgan fingerprint density at radius 2 is 1.70 bits per heavy atom. The number of rotatable bonds is 7. The SMILES string of the molecule is COc1ccc(Cl)cc1CC(=O)OCC(=O)NC(=O)c1ccccc1OC. The van der Waals surface area contributed by atoms with E-state index >= 15 is 0 Å². The van der Waals surface area contributed by atoms with Crippen molar-refractivity contribution in [3.8, 4) is 11.5 Å². The second-order valence-electron chi connectivity index (χ2n) is 5.37. The number of carbonyl (C=O) groups excluding carboxylic acids is 3. The molecule has 0 fully saturated rings. The van der Waals surface area contributed by atoms with E-state index < -0.39 is 24.4 Å². The molecule has 142 valence electrons. The van der Waals surface area contributed by atoms with Crippen LogP contribution in [0.1, 0.15) is 15.9 Å². The first-order chi connectivity index (χ1) is 12.9. The second-order valence-corrected chi connectivity index (χ2v) is 5.81. The number of hydrogen-bond donors (Lipinski definition) is 1. The summed E-state index contributed by atoms with van der Waals surface area (Å²) in [5.74, 6) is -1.25. The first-order valence-corrected chi connectivity index (χ1v) is 8.27. The van der Waals surface area contributed by atoms with Crippen molar-refractivity contribution in [1.29, 1.82) is 0 Å². The lowest BCUT2D eigenvalue weighted by atomic mass is 10.1. The van der Waals surface area contributed by atoms with E-state index in [1.807, 2.05) is 0 Å². The van der Waals surface area contributed by atoms with E-state index in [-0.39, 0.29) is 12.0 Å². The summed E-state index contributed by atoms with van der Waals surface area (Å²) in [4.78, 5) is 35.9.